The van der Waals surface area contributed by atoms with Crippen LogP contribution in [-0.4, -0.2) is 22.7 Å². The summed E-state index contributed by atoms with van der Waals surface area (Å²) in [6.45, 7) is 3.62. The topological polar surface area (TPSA) is 58.6 Å². The molecular weight excluding hydrogens is 170 g/mol. The molecule has 0 bridgehead atoms. The van der Waals surface area contributed by atoms with Crippen LogP contribution < -0.4 is 5.32 Å². The number of allylic oxidation sites excluding steroid dienone is 2. The highest BCUT2D eigenvalue weighted by Gasteiger charge is 2.54. The van der Waals surface area contributed by atoms with E-state index in [4.69, 9.17) is 9.84 Å². The van der Waals surface area contributed by atoms with Crippen LogP contribution in [0.2, 0.25) is 0 Å². The first kappa shape index (κ1) is 8.56. The number of rotatable bonds is 0. The van der Waals surface area contributed by atoms with Gasteiger partial charge in [-0.3, -0.25) is 4.79 Å². The molecule has 2 N–H and O–H groups in total. The molecular formula is C9H13NO3. The van der Waals surface area contributed by atoms with Gasteiger partial charge in [-0.2, -0.15) is 0 Å². The molecule has 72 valence electrons. The molecule has 1 fully saturated rings. The van der Waals surface area contributed by atoms with Crippen molar-refractivity contribution in [3.63, 3.8) is 0 Å². The molecule has 1 amide bonds. The molecule has 2 rings (SSSR count). The Hall–Kier alpha value is -1.03. The van der Waals surface area contributed by atoms with Gasteiger partial charge in [-0.1, -0.05) is 0 Å². The van der Waals surface area contributed by atoms with Gasteiger partial charge in [-0.25, -0.2) is 0 Å². The summed E-state index contributed by atoms with van der Waals surface area (Å²) in [5.41, 5.74) is -0.0137. The van der Waals surface area contributed by atoms with Crippen LogP contribution in [0.5, 0.6) is 0 Å². The predicted molar refractivity (Wildman–Crippen MR) is 45.6 cm³/mol. The zero-order chi connectivity index (χ0) is 9.64. The van der Waals surface area contributed by atoms with Gasteiger partial charge in [0.05, 0.1) is 11.8 Å². The highest BCUT2D eigenvalue weighted by Crippen LogP contribution is 2.40. The molecule has 4 nitrogen and oxygen atoms in total. The van der Waals surface area contributed by atoms with E-state index >= 15 is 0 Å². The number of ether oxygens (including phenoxy) is 1. The summed E-state index contributed by atoms with van der Waals surface area (Å²) in [6, 6.07) is 0. The Labute approximate surface area is 76.6 Å². The summed E-state index contributed by atoms with van der Waals surface area (Å²) in [5, 5.41) is 11.9. The average molecular weight is 183 g/mol. The largest absolute Gasteiger partial charge is 0.480 e. The highest BCUT2D eigenvalue weighted by atomic mass is 16.5. The Kier molecular flexibility index (Phi) is 1.63. The Morgan fingerprint density at radius 1 is 1.54 bits per heavy atom. The van der Waals surface area contributed by atoms with E-state index < -0.39 is 11.7 Å². The van der Waals surface area contributed by atoms with Gasteiger partial charge in [0.25, 0.3) is 5.91 Å². The maximum Gasteiger partial charge on any atom is 0.268 e. The molecule has 1 saturated carbocycles. The molecule has 4 heteroatoms. The van der Waals surface area contributed by atoms with Crippen molar-refractivity contribution in [2.75, 3.05) is 0 Å². The van der Waals surface area contributed by atoms with E-state index in [0.29, 0.717) is 12.8 Å². The second-order valence-electron chi connectivity index (χ2n) is 3.79. The van der Waals surface area contributed by atoms with E-state index in [9.17, 15) is 4.79 Å². The number of nitrogens with one attached hydrogen (secondary N) is 1. The van der Waals surface area contributed by atoms with Gasteiger partial charge >= 0.3 is 0 Å². The van der Waals surface area contributed by atoms with E-state index in [2.05, 4.69) is 5.32 Å². The van der Waals surface area contributed by atoms with Crippen molar-refractivity contribution in [3.05, 3.63) is 11.5 Å². The molecule has 1 spiro atoms. The Morgan fingerprint density at radius 2 is 2.15 bits per heavy atom. The molecule has 0 aromatic rings. The monoisotopic (exact) mass is 183 g/mol. The summed E-state index contributed by atoms with van der Waals surface area (Å²) < 4.78 is 5.51. The van der Waals surface area contributed by atoms with Gasteiger partial charge < -0.3 is 15.2 Å². The molecule has 0 atom stereocenters. The van der Waals surface area contributed by atoms with Gasteiger partial charge in [0.15, 0.2) is 5.60 Å². The number of amides is 1. The van der Waals surface area contributed by atoms with Crippen LogP contribution in [0, 0.1) is 0 Å². The number of hydrogen-bond acceptors (Lipinski definition) is 3. The molecule has 0 radical (unpaired) electrons. The van der Waals surface area contributed by atoms with Gasteiger partial charge in [0, 0.05) is 12.8 Å². The molecule has 1 aliphatic carbocycles. The van der Waals surface area contributed by atoms with Crippen LogP contribution in [0.15, 0.2) is 11.5 Å². The van der Waals surface area contributed by atoms with Crippen LogP contribution >= 0.6 is 0 Å². The Morgan fingerprint density at radius 3 is 2.69 bits per heavy atom. The van der Waals surface area contributed by atoms with Gasteiger partial charge in [-0.15, -0.1) is 0 Å². The first-order valence-corrected chi connectivity index (χ1v) is 4.39. The van der Waals surface area contributed by atoms with Gasteiger partial charge in [0.1, 0.15) is 5.76 Å². The fourth-order valence-corrected chi connectivity index (χ4v) is 1.76. The Balaban J connectivity index is 2.21. The third kappa shape index (κ3) is 1.13. The number of aliphatic hydroxyl groups excluding tert-OH is 1. The van der Waals surface area contributed by atoms with E-state index in [0.717, 1.165) is 11.5 Å². The summed E-state index contributed by atoms with van der Waals surface area (Å²) in [6.07, 6.45) is 0.421. The fraction of sp³-hybridized carbons (Fsp3) is 0.667. The van der Waals surface area contributed by atoms with Gasteiger partial charge in [0.2, 0.25) is 0 Å². The minimum Gasteiger partial charge on any atom is -0.480 e. The standard InChI is InChI=1S/C9H13NO3/c1-5-6(2)13-9(8(12)10-5)3-7(11)4-9/h7,11H,3-4H2,1-2H3,(H,10,12). The predicted octanol–water partition coefficient (Wildman–Crippen LogP) is 0.278. The smallest absolute Gasteiger partial charge is 0.268 e. The minimum absolute atomic E-state index is 0.124. The fourth-order valence-electron chi connectivity index (χ4n) is 1.76. The van der Waals surface area contributed by atoms with Crippen molar-refractivity contribution in [1.82, 2.24) is 5.32 Å². The highest BCUT2D eigenvalue weighted by molar-refractivity contribution is 5.88. The van der Waals surface area contributed by atoms with Crippen molar-refractivity contribution in [2.24, 2.45) is 0 Å². The third-order valence-electron chi connectivity index (χ3n) is 2.72. The SMILES string of the molecule is CC1=C(C)OC2(CC(O)C2)C(=O)N1. The molecule has 2 aliphatic rings. The van der Waals surface area contributed by atoms with Crippen molar-refractivity contribution < 1.29 is 14.6 Å². The van der Waals surface area contributed by atoms with Crippen LogP contribution in [-0.2, 0) is 9.53 Å². The average Bonchev–Trinajstić information content (AvgIpc) is 1.98. The summed E-state index contributed by atoms with van der Waals surface area (Å²) in [7, 11) is 0. The number of hydrogen-bond donors (Lipinski definition) is 2. The molecule has 1 aliphatic heterocycles. The maximum absolute atomic E-state index is 11.5. The van der Waals surface area contributed by atoms with Crippen molar-refractivity contribution in [2.45, 2.75) is 38.4 Å². The third-order valence-corrected chi connectivity index (χ3v) is 2.72. The number of aliphatic hydroxyl groups is 1. The second-order valence-corrected chi connectivity index (χ2v) is 3.79. The van der Waals surface area contributed by atoms with Crippen LogP contribution in [0.25, 0.3) is 0 Å². The molecule has 0 saturated heterocycles. The second kappa shape index (κ2) is 2.48. The van der Waals surface area contributed by atoms with Crippen molar-refractivity contribution in [1.29, 1.82) is 0 Å². The zero-order valence-electron chi connectivity index (χ0n) is 7.76. The van der Waals surface area contributed by atoms with E-state index in [1.807, 2.05) is 6.92 Å². The number of carbonyl (C=O) groups excluding carboxylic acids is 1. The quantitative estimate of drug-likeness (QED) is 0.567. The van der Waals surface area contributed by atoms with Crippen molar-refractivity contribution in [3.8, 4) is 0 Å². The van der Waals surface area contributed by atoms with E-state index in [1.54, 1.807) is 6.92 Å². The first-order chi connectivity index (χ1) is 6.03. The molecule has 1 heterocycles. The summed E-state index contributed by atoms with van der Waals surface area (Å²) in [4.78, 5) is 11.5. The van der Waals surface area contributed by atoms with Crippen LogP contribution in [0.1, 0.15) is 26.7 Å². The van der Waals surface area contributed by atoms with Gasteiger partial charge in [-0.05, 0) is 13.8 Å². The van der Waals surface area contributed by atoms with Crippen LogP contribution in [0.3, 0.4) is 0 Å². The van der Waals surface area contributed by atoms with E-state index in [-0.39, 0.29) is 5.91 Å². The van der Waals surface area contributed by atoms with Crippen molar-refractivity contribution >= 4 is 5.91 Å². The summed E-state index contributed by atoms with van der Waals surface area (Å²) >= 11 is 0. The van der Waals surface area contributed by atoms with Crippen LogP contribution in [0.4, 0.5) is 0 Å². The lowest BCUT2D eigenvalue weighted by Gasteiger charge is -2.46. The lowest BCUT2D eigenvalue weighted by atomic mass is 9.76. The minimum atomic E-state index is -0.775. The Bertz CT molecular complexity index is 289. The normalized spacial score (nSPS) is 38.4. The zero-order valence-corrected chi connectivity index (χ0v) is 7.76. The first-order valence-electron chi connectivity index (χ1n) is 4.39. The lowest BCUT2D eigenvalue weighted by Crippen LogP contribution is -2.61. The maximum atomic E-state index is 11.5. The number of carbonyl (C=O) groups is 1. The summed E-state index contributed by atoms with van der Waals surface area (Å²) in [5.74, 6) is 0.618. The molecule has 13 heavy (non-hydrogen) atoms. The molecule has 0 aromatic heterocycles. The molecule has 0 unspecified atom stereocenters. The lowest BCUT2D eigenvalue weighted by molar-refractivity contribution is -0.172. The van der Waals surface area contributed by atoms with E-state index in [1.165, 1.54) is 0 Å². The molecule has 0 aromatic carbocycles.